The Bertz CT molecular complexity index is 911. The Morgan fingerprint density at radius 2 is 1.48 bits per heavy atom. The van der Waals surface area contributed by atoms with Crippen LogP contribution in [0.3, 0.4) is 0 Å². The van der Waals surface area contributed by atoms with Crippen LogP contribution >= 0.6 is 0 Å². The largest absolute Gasteiger partial charge is 0.345 e. The Kier molecular flexibility index (Phi) is 5.89. The molecule has 2 aromatic carbocycles. The SMILES string of the molecule is N#CC(C#N)=C(C#N)Nc1cccc(NC(=O)Cc2ccccc2)c1. The summed E-state index contributed by atoms with van der Waals surface area (Å²) in [5.41, 5.74) is 1.48. The van der Waals surface area contributed by atoms with Gasteiger partial charge in [0.2, 0.25) is 5.91 Å². The van der Waals surface area contributed by atoms with Crippen LogP contribution in [0.15, 0.2) is 65.9 Å². The molecule has 2 N–H and O–H groups in total. The fraction of sp³-hybridized carbons (Fsp3) is 0.0526. The number of rotatable bonds is 5. The highest BCUT2D eigenvalue weighted by atomic mass is 16.1. The minimum Gasteiger partial charge on any atom is -0.345 e. The number of nitriles is 3. The van der Waals surface area contributed by atoms with Gasteiger partial charge >= 0.3 is 0 Å². The predicted molar refractivity (Wildman–Crippen MR) is 92.7 cm³/mol. The van der Waals surface area contributed by atoms with Gasteiger partial charge in [-0.2, -0.15) is 15.8 Å². The van der Waals surface area contributed by atoms with Crippen LogP contribution in [0.25, 0.3) is 0 Å². The molecule has 6 nitrogen and oxygen atoms in total. The lowest BCUT2D eigenvalue weighted by Crippen LogP contribution is -2.14. The van der Waals surface area contributed by atoms with Gasteiger partial charge in [-0.15, -0.1) is 0 Å². The first-order valence-corrected chi connectivity index (χ1v) is 7.31. The molecule has 1 amide bonds. The monoisotopic (exact) mass is 327 g/mol. The molecule has 0 spiro atoms. The van der Waals surface area contributed by atoms with E-state index in [9.17, 15) is 4.79 Å². The second kappa shape index (κ2) is 8.53. The van der Waals surface area contributed by atoms with Crippen LogP contribution in [-0.2, 0) is 11.2 Å². The molecule has 0 unspecified atom stereocenters. The van der Waals surface area contributed by atoms with Gasteiger partial charge in [0.1, 0.15) is 23.9 Å². The third-order valence-electron chi connectivity index (χ3n) is 3.21. The first-order valence-electron chi connectivity index (χ1n) is 7.31. The molecule has 0 saturated heterocycles. The van der Waals surface area contributed by atoms with Crippen LogP contribution in [0.5, 0.6) is 0 Å². The zero-order chi connectivity index (χ0) is 18.1. The predicted octanol–water partition coefficient (Wildman–Crippen LogP) is 3.10. The van der Waals surface area contributed by atoms with Crippen molar-refractivity contribution >= 4 is 17.3 Å². The molecule has 0 saturated carbocycles. The summed E-state index contributed by atoms with van der Waals surface area (Å²) in [4.78, 5) is 12.1. The number of nitrogens with one attached hydrogen (secondary N) is 2. The zero-order valence-electron chi connectivity index (χ0n) is 13.2. The van der Waals surface area contributed by atoms with Crippen LogP contribution in [0.4, 0.5) is 11.4 Å². The molecule has 2 aromatic rings. The van der Waals surface area contributed by atoms with Crippen molar-refractivity contribution in [3.05, 3.63) is 71.4 Å². The maximum Gasteiger partial charge on any atom is 0.228 e. The van der Waals surface area contributed by atoms with E-state index in [0.29, 0.717) is 11.4 Å². The fourth-order valence-electron chi connectivity index (χ4n) is 2.09. The summed E-state index contributed by atoms with van der Waals surface area (Å²) in [7, 11) is 0. The minimum atomic E-state index is -0.305. The average Bonchev–Trinajstić information content (AvgIpc) is 2.62. The summed E-state index contributed by atoms with van der Waals surface area (Å²) < 4.78 is 0. The summed E-state index contributed by atoms with van der Waals surface area (Å²) in [5.74, 6) is -0.172. The van der Waals surface area contributed by atoms with Crippen molar-refractivity contribution in [2.24, 2.45) is 0 Å². The lowest BCUT2D eigenvalue weighted by Gasteiger charge is -2.09. The van der Waals surface area contributed by atoms with Crippen molar-refractivity contribution in [3.63, 3.8) is 0 Å². The lowest BCUT2D eigenvalue weighted by molar-refractivity contribution is -0.115. The summed E-state index contributed by atoms with van der Waals surface area (Å²) in [5, 5.41) is 32.2. The molecule has 120 valence electrons. The highest BCUT2D eigenvalue weighted by Crippen LogP contribution is 2.18. The molecule has 6 heteroatoms. The first kappa shape index (κ1) is 17.3. The maximum atomic E-state index is 12.1. The molecule has 0 aromatic heterocycles. The van der Waals surface area contributed by atoms with Crippen molar-refractivity contribution in [2.45, 2.75) is 6.42 Å². The van der Waals surface area contributed by atoms with E-state index in [-0.39, 0.29) is 23.6 Å². The second-order valence-corrected chi connectivity index (χ2v) is 5.00. The van der Waals surface area contributed by atoms with Crippen LogP contribution in [0.1, 0.15) is 5.56 Å². The third kappa shape index (κ3) is 4.96. The highest BCUT2D eigenvalue weighted by Gasteiger charge is 2.08. The van der Waals surface area contributed by atoms with Gasteiger partial charge in [-0.25, -0.2) is 0 Å². The van der Waals surface area contributed by atoms with Crippen molar-refractivity contribution in [1.82, 2.24) is 0 Å². The number of hydrogen-bond acceptors (Lipinski definition) is 5. The van der Waals surface area contributed by atoms with E-state index in [0.717, 1.165) is 5.56 Å². The summed E-state index contributed by atoms with van der Waals surface area (Å²) in [6.45, 7) is 0. The minimum absolute atomic E-state index is 0.141. The molecule has 0 fully saturated rings. The van der Waals surface area contributed by atoms with E-state index in [1.807, 2.05) is 30.3 Å². The molecule has 25 heavy (non-hydrogen) atoms. The number of benzene rings is 2. The number of nitrogens with zero attached hydrogens (tertiary/aromatic N) is 3. The lowest BCUT2D eigenvalue weighted by atomic mass is 10.1. The highest BCUT2D eigenvalue weighted by molar-refractivity contribution is 5.92. The van der Waals surface area contributed by atoms with Crippen molar-refractivity contribution in [2.75, 3.05) is 10.6 Å². The topological polar surface area (TPSA) is 112 Å². The Labute approximate surface area is 145 Å². The van der Waals surface area contributed by atoms with Gasteiger partial charge < -0.3 is 10.6 Å². The van der Waals surface area contributed by atoms with Gasteiger partial charge in [0.05, 0.1) is 6.42 Å². The van der Waals surface area contributed by atoms with E-state index in [4.69, 9.17) is 15.8 Å². The smallest absolute Gasteiger partial charge is 0.228 e. The van der Waals surface area contributed by atoms with Gasteiger partial charge in [0.25, 0.3) is 0 Å². The number of allylic oxidation sites excluding steroid dienone is 2. The third-order valence-corrected chi connectivity index (χ3v) is 3.21. The summed E-state index contributed by atoms with van der Waals surface area (Å²) in [6.07, 6.45) is 0.245. The number of hydrogen-bond donors (Lipinski definition) is 2. The Hall–Kier alpha value is -4.08. The molecule has 0 aliphatic heterocycles. The van der Waals surface area contributed by atoms with E-state index in [1.165, 1.54) is 0 Å². The number of anilines is 2. The zero-order valence-corrected chi connectivity index (χ0v) is 13.2. The van der Waals surface area contributed by atoms with Gasteiger partial charge in [0, 0.05) is 11.4 Å². The van der Waals surface area contributed by atoms with Crippen molar-refractivity contribution in [1.29, 1.82) is 15.8 Å². The van der Waals surface area contributed by atoms with Gasteiger partial charge in [0.15, 0.2) is 5.57 Å². The molecule has 0 radical (unpaired) electrons. The molecule has 0 heterocycles. The number of carbonyl (C=O) groups excluding carboxylic acids is 1. The van der Waals surface area contributed by atoms with Crippen molar-refractivity contribution in [3.8, 4) is 18.2 Å². The molecular formula is C19H13N5O. The summed E-state index contributed by atoms with van der Waals surface area (Å²) >= 11 is 0. The maximum absolute atomic E-state index is 12.1. The molecule has 0 atom stereocenters. The van der Waals surface area contributed by atoms with E-state index in [2.05, 4.69) is 10.6 Å². The Morgan fingerprint density at radius 1 is 0.840 bits per heavy atom. The van der Waals surface area contributed by atoms with Crippen LogP contribution in [0.2, 0.25) is 0 Å². The standard InChI is InChI=1S/C19H13N5O/c20-11-15(12-21)18(13-22)23-16-7-4-8-17(10-16)24-19(25)9-14-5-2-1-3-6-14/h1-8,10,23H,9H2,(H,24,25). The van der Waals surface area contributed by atoms with E-state index < -0.39 is 0 Å². The molecule has 2 rings (SSSR count). The number of amides is 1. The fourth-order valence-corrected chi connectivity index (χ4v) is 2.09. The van der Waals surface area contributed by atoms with Crippen LogP contribution in [0, 0.1) is 34.0 Å². The van der Waals surface area contributed by atoms with Crippen LogP contribution in [-0.4, -0.2) is 5.91 Å². The first-order chi connectivity index (χ1) is 12.2. The van der Waals surface area contributed by atoms with Gasteiger partial charge in [-0.3, -0.25) is 4.79 Å². The van der Waals surface area contributed by atoms with E-state index >= 15 is 0 Å². The van der Waals surface area contributed by atoms with Crippen LogP contribution < -0.4 is 10.6 Å². The normalized spacial score (nSPS) is 9.00. The van der Waals surface area contributed by atoms with Gasteiger partial charge in [-0.05, 0) is 23.8 Å². The quantitative estimate of drug-likeness (QED) is 0.819. The molecule has 0 bridgehead atoms. The molecule has 0 aliphatic rings. The molecule has 0 aliphatic carbocycles. The molecular weight excluding hydrogens is 314 g/mol. The summed E-state index contributed by atoms with van der Waals surface area (Å²) in [6, 6.07) is 21.1. The average molecular weight is 327 g/mol. The second-order valence-electron chi connectivity index (χ2n) is 5.00. The van der Waals surface area contributed by atoms with Gasteiger partial charge in [-0.1, -0.05) is 36.4 Å². The Balaban J connectivity index is 2.10. The van der Waals surface area contributed by atoms with E-state index in [1.54, 1.807) is 42.5 Å². The Morgan fingerprint density at radius 3 is 2.08 bits per heavy atom. The number of carbonyl (C=O) groups is 1. The van der Waals surface area contributed by atoms with Crippen molar-refractivity contribution < 1.29 is 4.79 Å².